The zero-order valence-electron chi connectivity index (χ0n) is 14.7. The van der Waals surface area contributed by atoms with Crippen LogP contribution in [0.3, 0.4) is 0 Å². The topological polar surface area (TPSA) is 77.9 Å². The van der Waals surface area contributed by atoms with E-state index in [1.54, 1.807) is 16.7 Å². The zero-order valence-corrected chi connectivity index (χ0v) is 14.7. The van der Waals surface area contributed by atoms with E-state index in [-0.39, 0.29) is 24.8 Å². The van der Waals surface area contributed by atoms with Crippen molar-refractivity contribution in [3.8, 4) is 0 Å². The molecule has 6 heteroatoms. The van der Waals surface area contributed by atoms with Gasteiger partial charge in [0.25, 0.3) is 0 Å². The van der Waals surface area contributed by atoms with Crippen molar-refractivity contribution in [2.75, 3.05) is 24.5 Å². The number of likely N-dealkylation sites (tertiary alicyclic amines) is 1. The van der Waals surface area contributed by atoms with E-state index in [0.717, 1.165) is 11.3 Å². The lowest BCUT2D eigenvalue weighted by atomic mass is 9.81. The van der Waals surface area contributed by atoms with Gasteiger partial charge in [0.15, 0.2) is 0 Å². The molecule has 2 saturated heterocycles. The van der Waals surface area contributed by atoms with E-state index in [2.05, 4.69) is 0 Å². The molecule has 6 nitrogen and oxygen atoms in total. The third-order valence-electron chi connectivity index (χ3n) is 5.34. The lowest BCUT2D eigenvalue weighted by molar-refractivity contribution is -0.154. The number of carbonyl (C=O) groups excluding carboxylic acids is 2. The fourth-order valence-corrected chi connectivity index (χ4v) is 3.71. The number of piperidine rings is 1. The fraction of sp³-hybridized carbons (Fsp3) is 0.526. The highest BCUT2D eigenvalue weighted by atomic mass is 16.4. The van der Waals surface area contributed by atoms with E-state index in [1.165, 1.54) is 0 Å². The summed E-state index contributed by atoms with van der Waals surface area (Å²) < 4.78 is 0. The zero-order chi connectivity index (χ0) is 18.2. The van der Waals surface area contributed by atoms with Gasteiger partial charge in [-0.15, -0.1) is 0 Å². The van der Waals surface area contributed by atoms with Crippen molar-refractivity contribution in [2.24, 2.45) is 11.3 Å². The molecule has 2 aliphatic heterocycles. The number of aryl methyl sites for hydroxylation is 1. The Morgan fingerprint density at radius 3 is 2.56 bits per heavy atom. The summed E-state index contributed by atoms with van der Waals surface area (Å²) >= 11 is 0. The fourth-order valence-electron chi connectivity index (χ4n) is 3.71. The van der Waals surface area contributed by atoms with Gasteiger partial charge in [0.1, 0.15) is 0 Å². The average Bonchev–Trinajstić information content (AvgIpc) is 2.96. The lowest BCUT2D eigenvalue weighted by Gasteiger charge is -2.38. The van der Waals surface area contributed by atoms with Gasteiger partial charge in [-0.3, -0.25) is 14.4 Å². The van der Waals surface area contributed by atoms with Gasteiger partial charge >= 0.3 is 5.97 Å². The normalized spacial score (nSPS) is 26.8. The molecular weight excluding hydrogens is 320 g/mol. The van der Waals surface area contributed by atoms with Gasteiger partial charge in [0.2, 0.25) is 11.8 Å². The van der Waals surface area contributed by atoms with Gasteiger partial charge in [0.05, 0.1) is 11.3 Å². The van der Waals surface area contributed by atoms with Crippen LogP contribution in [0.1, 0.15) is 31.7 Å². The van der Waals surface area contributed by atoms with Crippen molar-refractivity contribution < 1.29 is 19.5 Å². The number of carboxylic acid groups (broad SMARTS) is 1. The maximum Gasteiger partial charge on any atom is 0.311 e. The first-order chi connectivity index (χ1) is 11.8. The molecule has 2 unspecified atom stereocenters. The smallest absolute Gasteiger partial charge is 0.311 e. The number of rotatable bonds is 3. The Hall–Kier alpha value is -2.37. The van der Waals surface area contributed by atoms with Gasteiger partial charge in [-0.25, -0.2) is 0 Å². The van der Waals surface area contributed by atoms with Crippen LogP contribution in [0.4, 0.5) is 5.69 Å². The first-order valence-corrected chi connectivity index (χ1v) is 8.69. The molecule has 2 aliphatic rings. The molecule has 0 aliphatic carbocycles. The molecule has 0 bridgehead atoms. The van der Waals surface area contributed by atoms with Gasteiger partial charge in [-0.2, -0.15) is 0 Å². The van der Waals surface area contributed by atoms with Crippen LogP contribution in [0, 0.1) is 18.3 Å². The van der Waals surface area contributed by atoms with E-state index >= 15 is 0 Å². The summed E-state index contributed by atoms with van der Waals surface area (Å²) in [6.07, 6.45) is 1.44. The van der Waals surface area contributed by atoms with Crippen molar-refractivity contribution >= 4 is 23.5 Å². The Labute approximate surface area is 147 Å². The molecule has 0 saturated carbocycles. The third-order valence-corrected chi connectivity index (χ3v) is 5.34. The Morgan fingerprint density at radius 2 is 1.92 bits per heavy atom. The van der Waals surface area contributed by atoms with Crippen molar-refractivity contribution in [2.45, 2.75) is 33.1 Å². The average molecular weight is 344 g/mol. The van der Waals surface area contributed by atoms with E-state index < -0.39 is 17.3 Å². The van der Waals surface area contributed by atoms with Gasteiger partial charge < -0.3 is 14.9 Å². The number of anilines is 1. The van der Waals surface area contributed by atoms with Crippen LogP contribution in [0.2, 0.25) is 0 Å². The van der Waals surface area contributed by atoms with Crippen molar-refractivity contribution in [1.82, 2.24) is 4.90 Å². The number of hydrogen-bond acceptors (Lipinski definition) is 3. The van der Waals surface area contributed by atoms with Crippen LogP contribution in [0.25, 0.3) is 0 Å². The maximum atomic E-state index is 12.8. The van der Waals surface area contributed by atoms with Crippen LogP contribution < -0.4 is 4.90 Å². The van der Waals surface area contributed by atoms with E-state index in [9.17, 15) is 19.5 Å². The Bertz CT molecular complexity index is 700. The SMILES string of the molecule is Cc1ccc(N2CC(C(=O)N3CCCC(C)(C(=O)O)C3)CC2=O)cc1. The number of aliphatic carboxylic acids is 1. The van der Waals surface area contributed by atoms with Crippen LogP contribution in [0.15, 0.2) is 24.3 Å². The van der Waals surface area contributed by atoms with Crippen molar-refractivity contribution in [1.29, 1.82) is 0 Å². The predicted octanol–water partition coefficient (Wildman–Crippen LogP) is 2.06. The Balaban J connectivity index is 1.70. The first kappa shape index (κ1) is 17.5. The number of benzene rings is 1. The second kappa shape index (κ2) is 6.50. The summed E-state index contributed by atoms with van der Waals surface area (Å²) in [5, 5.41) is 9.42. The molecule has 134 valence electrons. The number of amides is 2. The minimum atomic E-state index is -0.896. The molecule has 1 aromatic carbocycles. The maximum absolute atomic E-state index is 12.8. The minimum absolute atomic E-state index is 0.0554. The number of hydrogen-bond donors (Lipinski definition) is 1. The third kappa shape index (κ3) is 3.38. The van der Waals surface area contributed by atoms with Crippen molar-refractivity contribution in [3.63, 3.8) is 0 Å². The molecular formula is C19H24N2O4. The molecule has 1 N–H and O–H groups in total. The molecule has 2 fully saturated rings. The van der Waals surface area contributed by atoms with E-state index in [1.807, 2.05) is 31.2 Å². The Morgan fingerprint density at radius 1 is 1.24 bits per heavy atom. The van der Waals surface area contributed by atoms with E-state index in [0.29, 0.717) is 25.9 Å². The highest BCUT2D eigenvalue weighted by Crippen LogP contribution is 2.32. The highest BCUT2D eigenvalue weighted by Gasteiger charge is 2.43. The summed E-state index contributed by atoms with van der Waals surface area (Å²) in [5.74, 6) is -1.42. The second-order valence-electron chi connectivity index (χ2n) is 7.47. The van der Waals surface area contributed by atoms with Crippen LogP contribution in [0.5, 0.6) is 0 Å². The second-order valence-corrected chi connectivity index (χ2v) is 7.47. The lowest BCUT2D eigenvalue weighted by Crippen LogP contribution is -2.50. The standard InChI is InChI=1S/C19H24N2O4/c1-13-4-6-15(7-5-13)21-11-14(10-16(21)22)17(23)20-9-3-8-19(2,12-20)18(24)25/h4-7,14H,3,8-12H2,1-2H3,(H,24,25). The molecule has 3 rings (SSSR count). The van der Waals surface area contributed by atoms with Gasteiger partial charge in [-0.05, 0) is 38.8 Å². The molecule has 2 heterocycles. The summed E-state index contributed by atoms with van der Waals surface area (Å²) in [6.45, 7) is 4.82. The van der Waals surface area contributed by atoms with Crippen LogP contribution >= 0.6 is 0 Å². The first-order valence-electron chi connectivity index (χ1n) is 8.69. The summed E-state index contributed by atoms with van der Waals surface area (Å²) in [4.78, 5) is 40.0. The molecule has 25 heavy (non-hydrogen) atoms. The predicted molar refractivity (Wildman–Crippen MR) is 93.2 cm³/mol. The summed E-state index contributed by atoms with van der Waals surface area (Å²) in [6, 6.07) is 7.67. The molecule has 0 radical (unpaired) electrons. The summed E-state index contributed by atoms with van der Waals surface area (Å²) in [5.41, 5.74) is 1.02. The highest BCUT2D eigenvalue weighted by molar-refractivity contribution is 6.00. The van der Waals surface area contributed by atoms with Gasteiger partial charge in [0, 0.05) is 31.7 Å². The van der Waals surface area contributed by atoms with Crippen LogP contribution in [-0.4, -0.2) is 47.4 Å². The van der Waals surface area contributed by atoms with Gasteiger partial charge in [-0.1, -0.05) is 17.7 Å². The molecule has 0 aromatic heterocycles. The monoisotopic (exact) mass is 344 g/mol. The Kier molecular flexibility index (Phi) is 4.54. The number of carbonyl (C=O) groups is 3. The molecule has 1 aromatic rings. The van der Waals surface area contributed by atoms with E-state index in [4.69, 9.17) is 0 Å². The molecule has 2 amide bonds. The number of nitrogens with zero attached hydrogens (tertiary/aromatic N) is 2. The number of carboxylic acids is 1. The minimum Gasteiger partial charge on any atom is -0.481 e. The van der Waals surface area contributed by atoms with Crippen molar-refractivity contribution in [3.05, 3.63) is 29.8 Å². The largest absolute Gasteiger partial charge is 0.481 e. The molecule has 0 spiro atoms. The van der Waals surface area contributed by atoms with Crippen LogP contribution in [-0.2, 0) is 14.4 Å². The molecule has 2 atom stereocenters. The quantitative estimate of drug-likeness (QED) is 0.910. The summed E-state index contributed by atoms with van der Waals surface area (Å²) in [7, 11) is 0.